The number of nitrogens with zero attached hydrogens (tertiary/aromatic N) is 2. The number of nitrogens with one attached hydrogen (secondary N) is 1. The van der Waals surface area contributed by atoms with Crippen molar-refractivity contribution in [3.63, 3.8) is 0 Å². The first-order valence-electron chi connectivity index (χ1n) is 5.57. The number of aryl methyl sites for hydroxylation is 2. The molecule has 7 heteroatoms. The van der Waals surface area contributed by atoms with E-state index in [1.807, 2.05) is 0 Å². The third-order valence-corrected chi connectivity index (χ3v) is 2.53. The Morgan fingerprint density at radius 2 is 1.95 bits per heavy atom. The lowest BCUT2D eigenvalue weighted by Crippen LogP contribution is -2.10. The van der Waals surface area contributed by atoms with E-state index in [-0.39, 0.29) is 12.4 Å². The van der Waals surface area contributed by atoms with Crippen molar-refractivity contribution in [2.45, 2.75) is 26.6 Å². The molecule has 0 radical (unpaired) electrons. The first kappa shape index (κ1) is 13.4. The topological polar surface area (TPSA) is 51.0 Å². The number of rotatable bonds is 3. The summed E-state index contributed by atoms with van der Waals surface area (Å²) in [7, 11) is 0. The van der Waals surface area contributed by atoms with Crippen molar-refractivity contribution in [3.05, 3.63) is 41.2 Å². The van der Waals surface area contributed by atoms with Gasteiger partial charge < -0.3 is 9.73 Å². The van der Waals surface area contributed by atoms with Crippen LogP contribution >= 0.6 is 0 Å². The lowest BCUT2D eigenvalue weighted by atomic mass is 10.3. The minimum atomic E-state index is -4.45. The highest BCUT2D eigenvalue weighted by atomic mass is 19.4. The molecule has 0 aliphatic rings. The maximum Gasteiger partial charge on any atom is 0.433 e. The highest BCUT2D eigenvalue weighted by Gasteiger charge is 2.32. The summed E-state index contributed by atoms with van der Waals surface area (Å²) in [6.07, 6.45) is -4.45. The van der Waals surface area contributed by atoms with E-state index in [0.29, 0.717) is 11.7 Å². The van der Waals surface area contributed by atoms with E-state index in [0.717, 1.165) is 11.8 Å². The molecule has 2 heterocycles. The van der Waals surface area contributed by atoms with Gasteiger partial charge >= 0.3 is 6.18 Å². The van der Waals surface area contributed by atoms with Gasteiger partial charge in [-0.15, -0.1) is 0 Å². The smallest absolute Gasteiger partial charge is 0.433 e. The molecule has 2 aromatic heterocycles. The fourth-order valence-corrected chi connectivity index (χ4v) is 1.47. The van der Waals surface area contributed by atoms with Gasteiger partial charge in [0.15, 0.2) is 0 Å². The Morgan fingerprint density at radius 1 is 1.21 bits per heavy atom. The van der Waals surface area contributed by atoms with Crippen molar-refractivity contribution < 1.29 is 17.6 Å². The van der Waals surface area contributed by atoms with Crippen LogP contribution in [0.2, 0.25) is 0 Å². The molecule has 0 amide bonds. The number of alkyl halides is 3. The van der Waals surface area contributed by atoms with Crippen LogP contribution in [0, 0.1) is 13.8 Å². The standard InChI is InChI=1S/C12H12F3N3O/c1-7-8(2)19-11(17-7)6-16-10-5-3-4-9(18-10)12(13,14)15/h3-5H,6H2,1-2H3,(H,16,18). The summed E-state index contributed by atoms with van der Waals surface area (Å²) in [4.78, 5) is 7.60. The van der Waals surface area contributed by atoms with E-state index in [4.69, 9.17) is 4.42 Å². The number of hydrogen-bond donors (Lipinski definition) is 1. The lowest BCUT2D eigenvalue weighted by molar-refractivity contribution is -0.141. The van der Waals surface area contributed by atoms with Gasteiger partial charge in [-0.2, -0.15) is 13.2 Å². The van der Waals surface area contributed by atoms with Crippen LogP contribution in [-0.2, 0) is 12.7 Å². The largest absolute Gasteiger partial charge is 0.444 e. The molecule has 0 saturated carbocycles. The molecule has 0 atom stereocenters. The molecule has 0 saturated heterocycles. The number of halogens is 3. The van der Waals surface area contributed by atoms with E-state index in [9.17, 15) is 13.2 Å². The Hall–Kier alpha value is -2.05. The Morgan fingerprint density at radius 3 is 2.53 bits per heavy atom. The van der Waals surface area contributed by atoms with Crippen LogP contribution in [0.3, 0.4) is 0 Å². The first-order valence-corrected chi connectivity index (χ1v) is 5.57. The van der Waals surface area contributed by atoms with E-state index < -0.39 is 11.9 Å². The summed E-state index contributed by atoms with van der Waals surface area (Å²) in [5.41, 5.74) is -0.175. The van der Waals surface area contributed by atoms with Crippen molar-refractivity contribution in [1.82, 2.24) is 9.97 Å². The summed E-state index contributed by atoms with van der Waals surface area (Å²) >= 11 is 0. The molecule has 102 valence electrons. The van der Waals surface area contributed by atoms with Crippen molar-refractivity contribution in [2.75, 3.05) is 5.32 Å². The average molecular weight is 271 g/mol. The summed E-state index contributed by atoms with van der Waals surface area (Å²) < 4.78 is 42.7. The molecule has 1 N–H and O–H groups in total. The van der Waals surface area contributed by atoms with Gasteiger partial charge in [0.25, 0.3) is 0 Å². The van der Waals surface area contributed by atoms with Crippen LogP contribution in [0.1, 0.15) is 23.0 Å². The normalized spacial score (nSPS) is 11.6. The fourth-order valence-electron chi connectivity index (χ4n) is 1.47. The van der Waals surface area contributed by atoms with Crippen LogP contribution in [0.5, 0.6) is 0 Å². The van der Waals surface area contributed by atoms with Gasteiger partial charge in [0.2, 0.25) is 5.89 Å². The van der Waals surface area contributed by atoms with Crippen LogP contribution in [0.15, 0.2) is 22.6 Å². The molecule has 19 heavy (non-hydrogen) atoms. The zero-order valence-electron chi connectivity index (χ0n) is 10.4. The first-order chi connectivity index (χ1) is 8.86. The summed E-state index contributed by atoms with van der Waals surface area (Å²) in [6, 6.07) is 3.67. The molecule has 0 bridgehead atoms. The van der Waals surface area contributed by atoms with E-state index in [1.54, 1.807) is 13.8 Å². The molecule has 2 aromatic rings. The minimum absolute atomic E-state index is 0.128. The zero-order valence-corrected chi connectivity index (χ0v) is 10.4. The van der Waals surface area contributed by atoms with Gasteiger partial charge in [-0.05, 0) is 26.0 Å². The second-order valence-electron chi connectivity index (χ2n) is 4.01. The molecule has 2 rings (SSSR count). The van der Waals surface area contributed by atoms with Gasteiger partial charge in [-0.1, -0.05) is 6.07 Å². The number of pyridine rings is 1. The SMILES string of the molecule is Cc1nc(CNc2cccc(C(F)(F)F)n2)oc1C. The average Bonchev–Trinajstić information content (AvgIpc) is 2.66. The molecule has 0 spiro atoms. The highest BCUT2D eigenvalue weighted by molar-refractivity contribution is 5.36. The van der Waals surface area contributed by atoms with E-state index >= 15 is 0 Å². The molecule has 0 aliphatic heterocycles. The van der Waals surface area contributed by atoms with Gasteiger partial charge in [-0.3, -0.25) is 0 Å². The second kappa shape index (κ2) is 4.91. The number of oxazole rings is 1. The minimum Gasteiger partial charge on any atom is -0.444 e. The zero-order chi connectivity index (χ0) is 14.0. The number of hydrogen-bond acceptors (Lipinski definition) is 4. The summed E-state index contributed by atoms with van der Waals surface area (Å²) in [6.45, 7) is 3.75. The van der Waals surface area contributed by atoms with Gasteiger partial charge in [0, 0.05) is 0 Å². The third-order valence-electron chi connectivity index (χ3n) is 2.53. The van der Waals surface area contributed by atoms with Crippen LogP contribution in [0.4, 0.5) is 19.0 Å². The van der Waals surface area contributed by atoms with Gasteiger partial charge in [0.1, 0.15) is 17.3 Å². The van der Waals surface area contributed by atoms with Crippen LogP contribution in [0.25, 0.3) is 0 Å². The molecule has 0 aromatic carbocycles. The van der Waals surface area contributed by atoms with Crippen molar-refractivity contribution in [1.29, 1.82) is 0 Å². The number of aromatic nitrogens is 2. The van der Waals surface area contributed by atoms with E-state index in [1.165, 1.54) is 12.1 Å². The molecule has 4 nitrogen and oxygen atoms in total. The Kier molecular flexibility index (Phi) is 3.46. The maximum absolute atomic E-state index is 12.5. The highest BCUT2D eigenvalue weighted by Crippen LogP contribution is 2.28. The van der Waals surface area contributed by atoms with Crippen molar-refractivity contribution in [2.24, 2.45) is 0 Å². The van der Waals surface area contributed by atoms with Gasteiger partial charge in [-0.25, -0.2) is 9.97 Å². The van der Waals surface area contributed by atoms with Crippen molar-refractivity contribution >= 4 is 5.82 Å². The quantitative estimate of drug-likeness (QED) is 0.930. The Balaban J connectivity index is 2.07. The van der Waals surface area contributed by atoms with Gasteiger partial charge in [0.05, 0.1) is 12.2 Å². The third kappa shape index (κ3) is 3.24. The number of anilines is 1. The fraction of sp³-hybridized carbons (Fsp3) is 0.333. The Labute approximate surface area is 107 Å². The van der Waals surface area contributed by atoms with Crippen LogP contribution in [-0.4, -0.2) is 9.97 Å². The predicted octanol–water partition coefficient (Wildman–Crippen LogP) is 3.32. The predicted molar refractivity (Wildman–Crippen MR) is 62.5 cm³/mol. The van der Waals surface area contributed by atoms with Crippen molar-refractivity contribution in [3.8, 4) is 0 Å². The Bertz CT molecular complexity index is 558. The van der Waals surface area contributed by atoms with E-state index in [2.05, 4.69) is 15.3 Å². The summed E-state index contributed by atoms with van der Waals surface area (Å²) in [5, 5.41) is 2.75. The summed E-state index contributed by atoms with van der Waals surface area (Å²) in [5.74, 6) is 1.23. The molecular formula is C12H12F3N3O. The molecular weight excluding hydrogens is 259 g/mol. The second-order valence-corrected chi connectivity index (χ2v) is 4.01. The molecule has 0 aliphatic carbocycles. The maximum atomic E-state index is 12.5. The molecule has 0 fully saturated rings. The monoisotopic (exact) mass is 271 g/mol. The van der Waals surface area contributed by atoms with Crippen LogP contribution < -0.4 is 5.32 Å². The lowest BCUT2D eigenvalue weighted by Gasteiger charge is -2.08. The molecule has 0 unspecified atom stereocenters.